The summed E-state index contributed by atoms with van der Waals surface area (Å²) in [6, 6.07) is 5.81. The Morgan fingerprint density at radius 3 is 2.90 bits per heavy atom. The summed E-state index contributed by atoms with van der Waals surface area (Å²) in [5.41, 5.74) is 3.63. The van der Waals surface area contributed by atoms with Gasteiger partial charge in [0, 0.05) is 41.8 Å². The first-order valence-electron chi connectivity index (χ1n) is 9.49. The summed E-state index contributed by atoms with van der Waals surface area (Å²) in [6.07, 6.45) is 3.30. The number of carbonyl (C=O) groups is 2. The van der Waals surface area contributed by atoms with Crippen molar-refractivity contribution in [3.05, 3.63) is 65.4 Å². The molecule has 0 aliphatic carbocycles. The highest BCUT2D eigenvalue weighted by atomic mass is 16.6. The number of aliphatic hydroxyl groups excluding tert-OH is 1. The molecule has 0 aromatic carbocycles. The maximum Gasteiger partial charge on any atom is 0.419 e. The number of urea groups is 1. The number of aliphatic hydroxyl groups is 1. The highest BCUT2D eigenvalue weighted by Gasteiger charge is 2.46. The van der Waals surface area contributed by atoms with Gasteiger partial charge in [0.25, 0.3) is 0 Å². The van der Waals surface area contributed by atoms with Gasteiger partial charge < -0.3 is 15.2 Å². The Bertz CT molecular complexity index is 1090. The predicted octanol–water partition coefficient (Wildman–Crippen LogP) is 2.41. The van der Waals surface area contributed by atoms with E-state index in [1.807, 2.05) is 26.0 Å². The van der Waals surface area contributed by atoms with Gasteiger partial charge in [-0.15, -0.1) is 0 Å². The largest absolute Gasteiger partial charge is 0.437 e. The quantitative estimate of drug-likeness (QED) is 0.682. The molecule has 9 nitrogen and oxygen atoms in total. The van der Waals surface area contributed by atoms with Gasteiger partial charge in [-0.2, -0.15) is 0 Å². The first-order valence-corrected chi connectivity index (χ1v) is 9.49. The van der Waals surface area contributed by atoms with Crippen LogP contribution < -0.4 is 5.32 Å². The van der Waals surface area contributed by atoms with E-state index >= 15 is 0 Å². The van der Waals surface area contributed by atoms with Crippen molar-refractivity contribution in [3.8, 4) is 0 Å². The number of nitrogens with one attached hydrogen (secondary N) is 1. The molecule has 9 heteroatoms. The van der Waals surface area contributed by atoms with Crippen LogP contribution in [0.1, 0.15) is 28.6 Å². The SMILES string of the molecule is Cc1cc(C)nc([C@H]2OC(=O)N(C(=O)NCc3cncc4cccnc34)[C@H]2CO)c1. The molecule has 3 aromatic rings. The first kappa shape index (κ1) is 19.7. The van der Waals surface area contributed by atoms with Crippen LogP contribution in [0, 0.1) is 13.8 Å². The summed E-state index contributed by atoms with van der Waals surface area (Å²) in [5, 5.41) is 13.4. The lowest BCUT2D eigenvalue weighted by atomic mass is 10.1. The molecule has 0 radical (unpaired) electrons. The highest BCUT2D eigenvalue weighted by molar-refractivity contribution is 5.93. The molecule has 154 valence electrons. The fraction of sp³-hybridized carbons (Fsp3) is 0.286. The third-order valence-electron chi connectivity index (χ3n) is 4.94. The second-order valence-electron chi connectivity index (χ2n) is 7.17. The van der Waals surface area contributed by atoms with E-state index in [4.69, 9.17) is 4.74 Å². The van der Waals surface area contributed by atoms with E-state index in [9.17, 15) is 14.7 Å². The molecule has 3 amide bonds. The lowest BCUT2D eigenvalue weighted by Gasteiger charge is -2.21. The number of fused-ring (bicyclic) bond motifs is 1. The van der Waals surface area contributed by atoms with Crippen molar-refractivity contribution in [2.24, 2.45) is 0 Å². The minimum atomic E-state index is -0.880. The molecule has 4 rings (SSSR count). The zero-order chi connectivity index (χ0) is 21.3. The number of hydrogen-bond donors (Lipinski definition) is 2. The Labute approximate surface area is 172 Å². The van der Waals surface area contributed by atoms with E-state index in [-0.39, 0.29) is 6.54 Å². The molecule has 3 aromatic heterocycles. The Hall–Kier alpha value is -3.59. The molecule has 1 aliphatic rings. The molecule has 1 saturated heterocycles. The lowest BCUT2D eigenvalue weighted by molar-refractivity contribution is 0.115. The average Bonchev–Trinajstić information content (AvgIpc) is 3.07. The number of cyclic esters (lactones) is 1. The Balaban J connectivity index is 1.53. The van der Waals surface area contributed by atoms with Crippen LogP contribution in [-0.2, 0) is 11.3 Å². The van der Waals surface area contributed by atoms with Crippen molar-refractivity contribution in [2.45, 2.75) is 32.5 Å². The monoisotopic (exact) mass is 407 g/mol. The Morgan fingerprint density at radius 2 is 2.13 bits per heavy atom. The smallest absolute Gasteiger partial charge is 0.419 e. The van der Waals surface area contributed by atoms with E-state index in [1.165, 1.54) is 0 Å². The maximum absolute atomic E-state index is 12.8. The highest BCUT2D eigenvalue weighted by Crippen LogP contribution is 2.32. The zero-order valence-corrected chi connectivity index (χ0v) is 16.6. The lowest BCUT2D eigenvalue weighted by Crippen LogP contribution is -2.47. The number of nitrogens with zero attached hydrogens (tertiary/aromatic N) is 4. The van der Waals surface area contributed by atoms with E-state index in [0.717, 1.165) is 21.5 Å². The predicted molar refractivity (Wildman–Crippen MR) is 107 cm³/mol. The minimum absolute atomic E-state index is 0.120. The number of ether oxygens (including phenoxy) is 1. The van der Waals surface area contributed by atoms with Gasteiger partial charge in [-0.3, -0.25) is 15.0 Å². The van der Waals surface area contributed by atoms with Crippen LogP contribution in [-0.4, -0.2) is 49.7 Å². The number of amides is 3. The second-order valence-corrected chi connectivity index (χ2v) is 7.17. The molecular formula is C21H21N5O4. The summed E-state index contributed by atoms with van der Waals surface area (Å²) in [4.78, 5) is 39.0. The molecule has 2 N–H and O–H groups in total. The summed E-state index contributed by atoms with van der Waals surface area (Å²) < 4.78 is 5.40. The van der Waals surface area contributed by atoms with E-state index in [1.54, 1.807) is 30.7 Å². The van der Waals surface area contributed by atoms with Gasteiger partial charge in [0.2, 0.25) is 0 Å². The molecule has 30 heavy (non-hydrogen) atoms. The van der Waals surface area contributed by atoms with E-state index in [2.05, 4.69) is 20.3 Å². The van der Waals surface area contributed by atoms with Crippen molar-refractivity contribution in [1.29, 1.82) is 0 Å². The van der Waals surface area contributed by atoms with E-state index in [0.29, 0.717) is 16.8 Å². The average molecular weight is 407 g/mol. The van der Waals surface area contributed by atoms with Crippen LogP contribution in [0.5, 0.6) is 0 Å². The number of rotatable bonds is 4. The molecule has 0 spiro atoms. The van der Waals surface area contributed by atoms with Gasteiger partial charge in [0.15, 0.2) is 6.10 Å². The van der Waals surface area contributed by atoms with Crippen LogP contribution in [0.25, 0.3) is 10.9 Å². The van der Waals surface area contributed by atoms with Crippen LogP contribution in [0.3, 0.4) is 0 Å². The molecule has 4 heterocycles. The molecular weight excluding hydrogens is 386 g/mol. The number of aromatic nitrogens is 3. The number of carbonyl (C=O) groups excluding carboxylic acids is 2. The number of aryl methyl sites for hydroxylation is 2. The van der Waals surface area contributed by atoms with Crippen LogP contribution in [0.4, 0.5) is 9.59 Å². The van der Waals surface area contributed by atoms with Crippen molar-refractivity contribution < 1.29 is 19.4 Å². The van der Waals surface area contributed by atoms with Gasteiger partial charge in [0.05, 0.1) is 17.8 Å². The van der Waals surface area contributed by atoms with Gasteiger partial charge in [0.1, 0.15) is 6.04 Å². The van der Waals surface area contributed by atoms with Crippen LogP contribution in [0.2, 0.25) is 0 Å². The van der Waals surface area contributed by atoms with Crippen molar-refractivity contribution in [2.75, 3.05) is 6.61 Å². The molecule has 2 atom stereocenters. The van der Waals surface area contributed by atoms with Gasteiger partial charge in [-0.05, 0) is 43.7 Å². The van der Waals surface area contributed by atoms with Crippen molar-refractivity contribution in [1.82, 2.24) is 25.2 Å². The summed E-state index contributed by atoms with van der Waals surface area (Å²) >= 11 is 0. The first-order chi connectivity index (χ1) is 14.5. The normalized spacial score (nSPS) is 18.5. The number of pyridine rings is 3. The van der Waals surface area contributed by atoms with Crippen molar-refractivity contribution in [3.63, 3.8) is 0 Å². The van der Waals surface area contributed by atoms with Gasteiger partial charge in [-0.25, -0.2) is 14.5 Å². The third-order valence-corrected chi connectivity index (χ3v) is 4.94. The molecule has 1 fully saturated rings. The standard InChI is InChI=1S/C21H21N5O4/c1-12-6-13(2)25-16(7-12)19-17(11-27)26(21(29)30-19)20(28)24-10-15-9-22-8-14-4-3-5-23-18(14)15/h3-9,17,19,27H,10-11H2,1-2H3,(H,24,28)/t17-,19+/m0/s1. The maximum atomic E-state index is 12.8. The zero-order valence-electron chi connectivity index (χ0n) is 16.6. The van der Waals surface area contributed by atoms with Crippen molar-refractivity contribution >= 4 is 23.0 Å². The van der Waals surface area contributed by atoms with E-state index < -0.39 is 30.9 Å². The fourth-order valence-corrected chi connectivity index (χ4v) is 3.65. The Kier molecular flexibility index (Phi) is 5.28. The molecule has 0 bridgehead atoms. The second kappa shape index (κ2) is 8.03. The fourth-order valence-electron chi connectivity index (χ4n) is 3.65. The summed E-state index contributed by atoms with van der Waals surface area (Å²) in [7, 11) is 0. The molecule has 0 saturated carbocycles. The van der Waals surface area contributed by atoms with Gasteiger partial charge >= 0.3 is 12.1 Å². The van der Waals surface area contributed by atoms with Crippen LogP contribution >= 0.6 is 0 Å². The Morgan fingerprint density at radius 1 is 1.30 bits per heavy atom. The molecule has 1 aliphatic heterocycles. The number of imide groups is 1. The summed E-state index contributed by atoms with van der Waals surface area (Å²) in [5.74, 6) is 0. The van der Waals surface area contributed by atoms with Crippen LogP contribution in [0.15, 0.2) is 42.9 Å². The topological polar surface area (TPSA) is 118 Å². The van der Waals surface area contributed by atoms with Gasteiger partial charge in [-0.1, -0.05) is 0 Å². The summed E-state index contributed by atoms with van der Waals surface area (Å²) in [6.45, 7) is 3.40. The number of hydrogen-bond acceptors (Lipinski definition) is 7. The minimum Gasteiger partial charge on any atom is -0.437 e. The third kappa shape index (κ3) is 3.67. The molecule has 0 unspecified atom stereocenters.